The van der Waals surface area contributed by atoms with Gasteiger partial charge in [0.25, 0.3) is 0 Å². The van der Waals surface area contributed by atoms with Gasteiger partial charge in [-0.1, -0.05) is 36.8 Å². The summed E-state index contributed by atoms with van der Waals surface area (Å²) in [4.78, 5) is 5.62. The van der Waals surface area contributed by atoms with E-state index in [1.807, 2.05) is 6.07 Å². The first kappa shape index (κ1) is 19.6. The molecule has 2 unspecified atom stereocenters. The van der Waals surface area contributed by atoms with Gasteiger partial charge in [0.1, 0.15) is 0 Å². The molecule has 1 aliphatic heterocycles. The van der Waals surface area contributed by atoms with Crippen molar-refractivity contribution in [2.45, 2.75) is 38.4 Å². The summed E-state index contributed by atoms with van der Waals surface area (Å²) in [7, 11) is 1.68. The van der Waals surface area contributed by atoms with Crippen molar-refractivity contribution in [2.24, 2.45) is 4.99 Å². The Morgan fingerprint density at radius 1 is 1.40 bits per heavy atom. The Morgan fingerprint density at radius 3 is 2.80 bits per heavy atom. The quantitative estimate of drug-likeness (QED) is 0.630. The maximum Gasteiger partial charge on any atom is 0.401 e. The molecule has 0 bridgehead atoms. The molecule has 7 heteroatoms. The zero-order chi connectivity index (χ0) is 18.4. The van der Waals surface area contributed by atoms with Crippen LogP contribution < -0.4 is 10.6 Å². The summed E-state index contributed by atoms with van der Waals surface area (Å²) in [6, 6.07) is 8.36. The lowest BCUT2D eigenvalue weighted by molar-refractivity contribution is -0.143. The van der Waals surface area contributed by atoms with Gasteiger partial charge in [-0.15, -0.1) is 0 Å². The smallest absolute Gasteiger partial charge is 0.356 e. The average Bonchev–Trinajstić information content (AvgIpc) is 2.96. The molecule has 1 heterocycles. The number of alkyl halides is 3. The Labute approximate surface area is 147 Å². The van der Waals surface area contributed by atoms with Crippen molar-refractivity contribution in [1.82, 2.24) is 15.5 Å². The minimum Gasteiger partial charge on any atom is -0.356 e. The maximum absolute atomic E-state index is 12.5. The lowest BCUT2D eigenvalue weighted by Crippen LogP contribution is -2.46. The number of hydrogen-bond donors (Lipinski definition) is 2. The minimum absolute atomic E-state index is 0.0113. The van der Waals surface area contributed by atoms with Gasteiger partial charge in [-0.05, 0) is 24.8 Å². The highest BCUT2D eigenvalue weighted by Crippen LogP contribution is 2.20. The van der Waals surface area contributed by atoms with Crippen molar-refractivity contribution < 1.29 is 13.2 Å². The third-order valence-electron chi connectivity index (χ3n) is 4.43. The normalized spacial score (nSPS) is 20.6. The molecule has 140 valence electrons. The third kappa shape index (κ3) is 6.57. The van der Waals surface area contributed by atoms with Gasteiger partial charge in [0.15, 0.2) is 5.96 Å². The molecule has 0 aromatic heterocycles. The summed E-state index contributed by atoms with van der Waals surface area (Å²) >= 11 is 0. The first-order chi connectivity index (χ1) is 11.8. The molecule has 1 aromatic carbocycles. The van der Waals surface area contributed by atoms with Gasteiger partial charge >= 0.3 is 6.18 Å². The topological polar surface area (TPSA) is 39.7 Å². The van der Waals surface area contributed by atoms with Crippen LogP contribution in [-0.2, 0) is 0 Å². The van der Waals surface area contributed by atoms with E-state index in [1.54, 1.807) is 7.05 Å². The number of guanidine groups is 1. The molecule has 0 spiro atoms. The number of hydrogen-bond acceptors (Lipinski definition) is 2. The molecular formula is C18H27F3N4. The average molecular weight is 356 g/mol. The van der Waals surface area contributed by atoms with Crippen LogP contribution in [-0.4, -0.2) is 56.3 Å². The van der Waals surface area contributed by atoms with E-state index in [4.69, 9.17) is 0 Å². The number of nitrogens with one attached hydrogen (secondary N) is 2. The predicted octanol–water partition coefficient (Wildman–Crippen LogP) is 2.90. The van der Waals surface area contributed by atoms with E-state index in [2.05, 4.69) is 47.7 Å². The van der Waals surface area contributed by atoms with Crippen molar-refractivity contribution in [2.75, 3.05) is 33.2 Å². The highest BCUT2D eigenvalue weighted by Gasteiger charge is 2.34. The first-order valence-electron chi connectivity index (χ1n) is 8.59. The summed E-state index contributed by atoms with van der Waals surface area (Å²) < 4.78 is 37.4. The summed E-state index contributed by atoms with van der Waals surface area (Å²) in [6.45, 7) is 4.90. The van der Waals surface area contributed by atoms with Crippen LogP contribution in [0.15, 0.2) is 29.3 Å². The molecule has 2 atom stereocenters. The van der Waals surface area contributed by atoms with E-state index in [9.17, 15) is 13.2 Å². The van der Waals surface area contributed by atoms with Crippen LogP contribution in [0.1, 0.15) is 30.4 Å². The molecule has 4 nitrogen and oxygen atoms in total. The lowest BCUT2D eigenvalue weighted by Gasteiger charge is -2.21. The zero-order valence-corrected chi connectivity index (χ0v) is 15.0. The molecule has 1 fully saturated rings. The summed E-state index contributed by atoms with van der Waals surface area (Å²) in [5, 5.41) is 6.50. The summed E-state index contributed by atoms with van der Waals surface area (Å²) in [6.07, 6.45) is -3.46. The largest absolute Gasteiger partial charge is 0.401 e. The van der Waals surface area contributed by atoms with Crippen molar-refractivity contribution in [3.05, 3.63) is 35.4 Å². The van der Waals surface area contributed by atoms with Gasteiger partial charge in [-0.3, -0.25) is 9.89 Å². The van der Waals surface area contributed by atoms with Gasteiger partial charge in [-0.25, -0.2) is 0 Å². The molecule has 0 saturated carbocycles. The number of nitrogens with zero attached hydrogens (tertiary/aromatic N) is 2. The molecule has 0 radical (unpaired) electrons. The van der Waals surface area contributed by atoms with Crippen LogP contribution in [0.2, 0.25) is 0 Å². The summed E-state index contributed by atoms with van der Waals surface area (Å²) in [5.41, 5.74) is 2.47. The van der Waals surface area contributed by atoms with E-state index in [-0.39, 0.29) is 6.04 Å². The van der Waals surface area contributed by atoms with E-state index < -0.39 is 12.7 Å². The monoisotopic (exact) mass is 356 g/mol. The number of rotatable bonds is 5. The maximum atomic E-state index is 12.5. The number of benzene rings is 1. The predicted molar refractivity (Wildman–Crippen MR) is 95.0 cm³/mol. The molecule has 1 aliphatic rings. The van der Waals surface area contributed by atoms with Crippen molar-refractivity contribution in [3.63, 3.8) is 0 Å². The van der Waals surface area contributed by atoms with Gasteiger partial charge in [0, 0.05) is 32.7 Å². The fraction of sp³-hybridized carbons (Fsp3) is 0.611. The molecule has 1 aromatic rings. The second-order valence-electron chi connectivity index (χ2n) is 6.75. The molecule has 1 saturated heterocycles. The Morgan fingerprint density at radius 2 is 2.16 bits per heavy atom. The van der Waals surface area contributed by atoms with Crippen LogP contribution in [0, 0.1) is 6.92 Å². The van der Waals surface area contributed by atoms with E-state index >= 15 is 0 Å². The number of aliphatic imine (C=N–C) groups is 1. The van der Waals surface area contributed by atoms with E-state index in [1.165, 1.54) is 16.0 Å². The minimum atomic E-state index is -4.14. The first-order valence-corrected chi connectivity index (χ1v) is 8.59. The van der Waals surface area contributed by atoms with Crippen LogP contribution in [0.4, 0.5) is 13.2 Å². The molecule has 2 N–H and O–H groups in total. The van der Waals surface area contributed by atoms with Crippen LogP contribution in [0.3, 0.4) is 0 Å². The molecule has 25 heavy (non-hydrogen) atoms. The van der Waals surface area contributed by atoms with Gasteiger partial charge < -0.3 is 10.6 Å². The highest BCUT2D eigenvalue weighted by atomic mass is 19.4. The fourth-order valence-corrected chi connectivity index (χ4v) is 3.08. The molecule has 0 amide bonds. The Kier molecular flexibility index (Phi) is 6.70. The highest BCUT2D eigenvalue weighted by molar-refractivity contribution is 5.80. The standard InChI is InChI=1S/C18H27F3N4/c1-13-5-4-6-15(9-13)14(2)10-23-17(22-3)24-16-7-8-25(11-16)12-18(19,20)21/h4-6,9,14,16H,7-8,10-12H2,1-3H3,(H2,22,23,24). The Bertz CT molecular complexity index is 586. The van der Waals surface area contributed by atoms with Crippen molar-refractivity contribution in [3.8, 4) is 0 Å². The second kappa shape index (κ2) is 8.56. The summed E-state index contributed by atoms with van der Waals surface area (Å²) in [5.74, 6) is 0.946. The zero-order valence-electron chi connectivity index (χ0n) is 15.0. The second-order valence-corrected chi connectivity index (χ2v) is 6.75. The molecule has 2 rings (SSSR count). The number of halogens is 3. The SMILES string of the molecule is CN=C(NCC(C)c1cccc(C)c1)NC1CCN(CC(F)(F)F)C1. The van der Waals surface area contributed by atoms with E-state index in [0.29, 0.717) is 37.9 Å². The third-order valence-corrected chi connectivity index (χ3v) is 4.43. The van der Waals surface area contributed by atoms with Crippen molar-refractivity contribution >= 4 is 5.96 Å². The van der Waals surface area contributed by atoms with E-state index in [0.717, 1.165) is 0 Å². The van der Waals surface area contributed by atoms with Crippen LogP contribution >= 0.6 is 0 Å². The fourth-order valence-electron chi connectivity index (χ4n) is 3.08. The van der Waals surface area contributed by atoms with Gasteiger partial charge in [0.2, 0.25) is 0 Å². The Hall–Kier alpha value is -1.76. The molecular weight excluding hydrogens is 329 g/mol. The number of aryl methyl sites for hydroxylation is 1. The number of likely N-dealkylation sites (tertiary alicyclic amines) is 1. The van der Waals surface area contributed by atoms with Crippen LogP contribution in [0.25, 0.3) is 0 Å². The van der Waals surface area contributed by atoms with Crippen molar-refractivity contribution in [1.29, 1.82) is 0 Å². The van der Waals surface area contributed by atoms with Gasteiger partial charge in [0.05, 0.1) is 6.54 Å². The Balaban J connectivity index is 1.79. The van der Waals surface area contributed by atoms with Crippen LogP contribution in [0.5, 0.6) is 0 Å². The van der Waals surface area contributed by atoms with Gasteiger partial charge in [-0.2, -0.15) is 13.2 Å². The molecule has 0 aliphatic carbocycles. The lowest BCUT2D eigenvalue weighted by atomic mass is 9.99.